The van der Waals surface area contributed by atoms with E-state index in [1.54, 1.807) is 6.92 Å². The number of aryl methyl sites for hydroxylation is 1. The first-order valence-corrected chi connectivity index (χ1v) is 5.04. The smallest absolute Gasteiger partial charge is 0.263 e. The Labute approximate surface area is 115 Å². The van der Waals surface area contributed by atoms with Crippen LogP contribution in [0.15, 0.2) is 23.6 Å². The molecule has 5 N–H and O–H groups in total. The maximum atomic E-state index is 9.65. The molecule has 1 aromatic carbocycles. The lowest BCUT2D eigenvalue weighted by atomic mass is 10.1. The van der Waals surface area contributed by atoms with Gasteiger partial charge in [-0.2, -0.15) is 5.10 Å². The fraction of sp³-hybridized carbons (Fsp3) is 0.100. The van der Waals surface area contributed by atoms with E-state index >= 15 is 0 Å². The molecule has 0 aliphatic carbocycles. The van der Waals surface area contributed by atoms with E-state index in [9.17, 15) is 10.2 Å². The quantitative estimate of drug-likeness (QED) is 0.371. The Kier molecular flexibility index (Phi) is 4.54. The molecule has 0 amide bonds. The van der Waals surface area contributed by atoms with Crippen molar-refractivity contribution in [2.45, 2.75) is 6.92 Å². The molecule has 19 heavy (non-hydrogen) atoms. The summed E-state index contributed by atoms with van der Waals surface area (Å²) in [6.45, 7) is 1.74. The zero-order valence-corrected chi connectivity index (χ0v) is 10.8. The zero-order chi connectivity index (χ0) is 13.1. The van der Waals surface area contributed by atoms with Crippen molar-refractivity contribution in [3.8, 4) is 11.5 Å². The molecule has 0 aliphatic rings. The number of anilines is 1. The summed E-state index contributed by atoms with van der Waals surface area (Å²) in [4.78, 5) is 0. The van der Waals surface area contributed by atoms with Gasteiger partial charge in [0, 0.05) is 11.6 Å². The van der Waals surface area contributed by atoms with Gasteiger partial charge in [-0.3, -0.25) is 0 Å². The van der Waals surface area contributed by atoms with Gasteiger partial charge in [0.05, 0.1) is 6.21 Å². The number of hydrogen-bond acceptors (Lipinski definition) is 7. The summed E-state index contributed by atoms with van der Waals surface area (Å²) in [5, 5.41) is 30.0. The maximum Gasteiger partial charge on any atom is 0.263 e. The van der Waals surface area contributed by atoms with E-state index in [2.05, 4.69) is 20.7 Å². The van der Waals surface area contributed by atoms with Gasteiger partial charge in [-0.25, -0.2) is 10.1 Å². The first-order chi connectivity index (χ1) is 8.58. The number of rotatable bonds is 3. The van der Waals surface area contributed by atoms with Crippen LogP contribution >= 0.6 is 12.4 Å². The fourth-order valence-corrected chi connectivity index (χ4v) is 1.41. The second kappa shape index (κ2) is 5.91. The molecule has 1 aromatic heterocycles. The molecule has 8 nitrogen and oxygen atoms in total. The molecule has 0 aliphatic heterocycles. The Morgan fingerprint density at radius 2 is 2.16 bits per heavy atom. The van der Waals surface area contributed by atoms with Crippen LogP contribution in [0, 0.1) is 6.92 Å². The summed E-state index contributed by atoms with van der Waals surface area (Å²) < 4.78 is 1.17. The highest BCUT2D eigenvalue weighted by Gasteiger charge is 2.05. The molecule has 2 rings (SSSR count). The van der Waals surface area contributed by atoms with Gasteiger partial charge in [-0.05, 0) is 18.6 Å². The van der Waals surface area contributed by atoms with Crippen LogP contribution in [0.3, 0.4) is 0 Å². The monoisotopic (exact) mass is 284 g/mol. The minimum atomic E-state index is -0.0627. The van der Waals surface area contributed by atoms with Crippen molar-refractivity contribution in [1.82, 2.24) is 14.9 Å². The molecule has 0 atom stereocenters. The summed E-state index contributed by atoms with van der Waals surface area (Å²) in [6.07, 6.45) is 2.72. The van der Waals surface area contributed by atoms with Crippen LogP contribution in [-0.2, 0) is 0 Å². The lowest BCUT2D eigenvalue weighted by molar-refractivity contribution is 0.449. The first kappa shape index (κ1) is 14.6. The number of hydrazone groups is 1. The largest absolute Gasteiger partial charge is 0.508 e. The highest BCUT2D eigenvalue weighted by Crippen LogP contribution is 2.25. The predicted molar refractivity (Wildman–Crippen MR) is 73.1 cm³/mol. The van der Waals surface area contributed by atoms with Gasteiger partial charge in [0.15, 0.2) is 0 Å². The second-order valence-electron chi connectivity index (χ2n) is 3.63. The molecule has 0 radical (unpaired) electrons. The second-order valence-corrected chi connectivity index (χ2v) is 3.63. The summed E-state index contributed by atoms with van der Waals surface area (Å²) >= 11 is 0. The molecule has 0 saturated carbocycles. The van der Waals surface area contributed by atoms with Gasteiger partial charge in [-0.15, -0.1) is 22.6 Å². The number of halogens is 1. The van der Waals surface area contributed by atoms with Crippen molar-refractivity contribution < 1.29 is 10.2 Å². The first-order valence-electron chi connectivity index (χ1n) is 5.04. The highest BCUT2D eigenvalue weighted by atomic mass is 35.5. The summed E-state index contributed by atoms with van der Waals surface area (Å²) in [5.41, 5.74) is 3.75. The molecule has 0 fully saturated rings. The van der Waals surface area contributed by atoms with Crippen LogP contribution < -0.4 is 11.3 Å². The van der Waals surface area contributed by atoms with Gasteiger partial charge < -0.3 is 16.1 Å². The fourth-order valence-electron chi connectivity index (χ4n) is 1.41. The molecule has 102 valence electrons. The average Bonchev–Trinajstić information content (AvgIpc) is 2.68. The van der Waals surface area contributed by atoms with Crippen molar-refractivity contribution in [1.29, 1.82) is 0 Å². The van der Waals surface area contributed by atoms with Crippen LogP contribution in [0.4, 0.5) is 5.95 Å². The van der Waals surface area contributed by atoms with Gasteiger partial charge in [0.25, 0.3) is 5.95 Å². The molecule has 0 saturated heterocycles. The van der Waals surface area contributed by atoms with Crippen molar-refractivity contribution in [3.05, 3.63) is 29.6 Å². The lowest BCUT2D eigenvalue weighted by Gasteiger charge is -2.04. The standard InChI is InChI=1S/C10H12N6O2.ClH/c1-6-2-7(17)3-9(18)8(6)4-12-14-10-15-13-5-16(10)11;/h2-5,17-18H,11H2,1H3,(H,14,15);1H/b12-4+;. The summed E-state index contributed by atoms with van der Waals surface area (Å²) in [7, 11) is 0. The van der Waals surface area contributed by atoms with Gasteiger partial charge in [0.1, 0.15) is 17.8 Å². The van der Waals surface area contributed by atoms with Gasteiger partial charge in [0.2, 0.25) is 0 Å². The zero-order valence-electron chi connectivity index (χ0n) is 9.98. The number of nitrogens with zero attached hydrogens (tertiary/aromatic N) is 4. The highest BCUT2D eigenvalue weighted by molar-refractivity contribution is 5.86. The number of benzene rings is 1. The molecule has 0 unspecified atom stereocenters. The molecule has 9 heteroatoms. The number of phenols is 2. The Balaban J connectivity index is 0.00000180. The number of nitrogens with two attached hydrogens (primary N) is 1. The average molecular weight is 285 g/mol. The van der Waals surface area contributed by atoms with Crippen LogP contribution in [-0.4, -0.2) is 31.3 Å². The maximum absolute atomic E-state index is 9.65. The number of phenolic OH excluding ortho intramolecular Hbond substituents is 2. The summed E-state index contributed by atoms with van der Waals surface area (Å²) in [5.74, 6) is 5.67. The molecule has 2 aromatic rings. The lowest BCUT2D eigenvalue weighted by Crippen LogP contribution is -2.10. The van der Waals surface area contributed by atoms with Gasteiger partial charge in [-0.1, -0.05) is 0 Å². The normalized spacial score (nSPS) is 10.4. The molecular formula is C10H13ClN6O2. The number of hydrogen-bond donors (Lipinski definition) is 4. The molecule has 0 spiro atoms. The minimum Gasteiger partial charge on any atom is -0.508 e. The van der Waals surface area contributed by atoms with Crippen molar-refractivity contribution in [2.75, 3.05) is 11.3 Å². The van der Waals surface area contributed by atoms with E-state index in [0.29, 0.717) is 11.1 Å². The van der Waals surface area contributed by atoms with Crippen LogP contribution in [0.25, 0.3) is 0 Å². The van der Waals surface area contributed by atoms with Crippen LogP contribution in [0.2, 0.25) is 0 Å². The number of nitrogen functional groups attached to an aromatic ring is 1. The Morgan fingerprint density at radius 1 is 1.42 bits per heavy atom. The Morgan fingerprint density at radius 3 is 2.74 bits per heavy atom. The van der Waals surface area contributed by atoms with E-state index in [0.717, 1.165) is 0 Å². The molecule has 1 heterocycles. The van der Waals surface area contributed by atoms with E-state index in [1.165, 1.54) is 29.4 Å². The SMILES string of the molecule is Cc1cc(O)cc(O)c1/C=N/Nc1nncn1N.Cl. The topological polar surface area (TPSA) is 122 Å². The Bertz CT molecular complexity index is 574. The predicted octanol–water partition coefficient (Wildman–Crippen LogP) is 0.579. The summed E-state index contributed by atoms with van der Waals surface area (Å²) in [6, 6.07) is 2.76. The third-order valence-corrected chi connectivity index (χ3v) is 2.28. The van der Waals surface area contributed by atoms with E-state index < -0.39 is 0 Å². The van der Waals surface area contributed by atoms with E-state index in [4.69, 9.17) is 5.84 Å². The van der Waals surface area contributed by atoms with Crippen molar-refractivity contribution in [2.24, 2.45) is 5.10 Å². The Hall–Kier alpha value is -2.48. The third-order valence-electron chi connectivity index (χ3n) is 2.28. The van der Waals surface area contributed by atoms with Crippen molar-refractivity contribution >= 4 is 24.6 Å². The number of nitrogens with one attached hydrogen (secondary N) is 1. The van der Waals surface area contributed by atoms with Crippen molar-refractivity contribution in [3.63, 3.8) is 0 Å². The third kappa shape index (κ3) is 3.26. The van der Waals surface area contributed by atoms with E-state index in [1.807, 2.05) is 0 Å². The van der Waals surface area contributed by atoms with Crippen LogP contribution in [0.5, 0.6) is 11.5 Å². The van der Waals surface area contributed by atoms with Gasteiger partial charge >= 0.3 is 0 Å². The van der Waals surface area contributed by atoms with E-state index in [-0.39, 0.29) is 29.9 Å². The minimum absolute atomic E-state index is 0. The molecular weight excluding hydrogens is 272 g/mol. The molecule has 0 bridgehead atoms. The van der Waals surface area contributed by atoms with Crippen LogP contribution in [0.1, 0.15) is 11.1 Å². The number of aromatic hydroxyl groups is 2. The number of aromatic nitrogens is 3.